The summed E-state index contributed by atoms with van der Waals surface area (Å²) in [5.74, 6) is 0.813. The van der Waals surface area contributed by atoms with Crippen LogP contribution in [0.15, 0.2) is 0 Å². The van der Waals surface area contributed by atoms with Gasteiger partial charge in [0.15, 0.2) is 0 Å². The van der Waals surface area contributed by atoms with E-state index in [0.29, 0.717) is 44.2 Å². The van der Waals surface area contributed by atoms with Crippen LogP contribution in [-0.4, -0.2) is 79.4 Å². The van der Waals surface area contributed by atoms with E-state index in [2.05, 4.69) is 18.7 Å². The van der Waals surface area contributed by atoms with Gasteiger partial charge in [-0.3, -0.25) is 9.69 Å². The Hall–Kier alpha value is -0.690. The molecule has 3 aliphatic rings. The van der Waals surface area contributed by atoms with Gasteiger partial charge >= 0.3 is 0 Å². The number of ether oxygens (including phenoxy) is 2. The minimum Gasteiger partial charge on any atom is -0.381 e. The molecule has 2 N–H and O–H groups in total. The number of morpholine rings is 1. The Kier molecular flexibility index (Phi) is 5.80. The van der Waals surface area contributed by atoms with Crippen molar-refractivity contribution in [2.75, 3.05) is 45.9 Å². The molecule has 6 heteroatoms. The molecule has 0 aromatic carbocycles. The highest BCUT2D eigenvalue weighted by molar-refractivity contribution is 5.86. The van der Waals surface area contributed by atoms with E-state index in [0.717, 1.165) is 45.6 Å². The van der Waals surface area contributed by atoms with Crippen LogP contribution in [0.5, 0.6) is 0 Å². The topological polar surface area (TPSA) is 68.0 Å². The summed E-state index contributed by atoms with van der Waals surface area (Å²) in [6, 6.07) is 0. The molecule has 0 spiro atoms. The van der Waals surface area contributed by atoms with Crippen LogP contribution in [0.3, 0.4) is 0 Å². The predicted molar refractivity (Wildman–Crippen MR) is 92.7 cm³/mol. The zero-order valence-corrected chi connectivity index (χ0v) is 15.2. The minimum absolute atomic E-state index is 0.137. The lowest BCUT2D eigenvalue weighted by atomic mass is 9.87. The third kappa shape index (κ3) is 4.28. The van der Waals surface area contributed by atoms with Gasteiger partial charge in [-0.05, 0) is 45.4 Å². The zero-order valence-electron chi connectivity index (χ0n) is 15.2. The van der Waals surface area contributed by atoms with E-state index in [1.807, 2.05) is 4.90 Å². The summed E-state index contributed by atoms with van der Waals surface area (Å²) in [4.78, 5) is 17.3. The maximum atomic E-state index is 12.8. The van der Waals surface area contributed by atoms with Crippen LogP contribution >= 0.6 is 0 Å². The highest BCUT2D eigenvalue weighted by Gasteiger charge is 2.40. The smallest absolute Gasteiger partial charge is 0.242 e. The van der Waals surface area contributed by atoms with Gasteiger partial charge in [0.25, 0.3) is 0 Å². The number of likely N-dealkylation sites (tertiary alicyclic amines) is 1. The Balaban J connectivity index is 1.46. The second-order valence-electron chi connectivity index (χ2n) is 7.98. The van der Waals surface area contributed by atoms with Crippen molar-refractivity contribution in [3.8, 4) is 0 Å². The van der Waals surface area contributed by atoms with Crippen molar-refractivity contribution < 1.29 is 14.3 Å². The molecule has 6 nitrogen and oxygen atoms in total. The maximum Gasteiger partial charge on any atom is 0.242 e. The second-order valence-corrected chi connectivity index (χ2v) is 7.98. The number of carbonyl (C=O) groups excluding carboxylic acids is 1. The number of hydrogen-bond donors (Lipinski definition) is 1. The summed E-state index contributed by atoms with van der Waals surface area (Å²) in [6.45, 7) is 10.4. The number of nitrogens with two attached hydrogens (primary N) is 1. The van der Waals surface area contributed by atoms with Gasteiger partial charge in [0, 0.05) is 45.9 Å². The lowest BCUT2D eigenvalue weighted by Gasteiger charge is -2.42. The molecule has 0 radical (unpaired) electrons. The van der Waals surface area contributed by atoms with Crippen LogP contribution in [0.25, 0.3) is 0 Å². The Labute approximate surface area is 145 Å². The van der Waals surface area contributed by atoms with Crippen molar-refractivity contribution in [2.24, 2.45) is 11.7 Å². The van der Waals surface area contributed by atoms with Gasteiger partial charge in [-0.1, -0.05) is 0 Å². The molecule has 3 fully saturated rings. The largest absolute Gasteiger partial charge is 0.381 e. The highest BCUT2D eigenvalue weighted by atomic mass is 16.5. The number of carbonyl (C=O) groups is 1. The van der Waals surface area contributed by atoms with Gasteiger partial charge in [-0.15, -0.1) is 0 Å². The normalized spacial score (nSPS) is 32.7. The average molecular weight is 339 g/mol. The molecule has 24 heavy (non-hydrogen) atoms. The Morgan fingerprint density at radius 1 is 1.12 bits per heavy atom. The lowest BCUT2D eigenvalue weighted by Crippen LogP contribution is -2.59. The summed E-state index contributed by atoms with van der Waals surface area (Å²) >= 11 is 0. The first kappa shape index (κ1) is 18.1. The number of hydrogen-bond acceptors (Lipinski definition) is 5. The number of amides is 1. The van der Waals surface area contributed by atoms with E-state index in [1.54, 1.807) is 0 Å². The fourth-order valence-electron chi connectivity index (χ4n) is 4.38. The molecule has 3 aliphatic heterocycles. The monoisotopic (exact) mass is 339 g/mol. The minimum atomic E-state index is -0.694. The van der Waals surface area contributed by atoms with Gasteiger partial charge in [0.2, 0.25) is 5.91 Å². The van der Waals surface area contributed by atoms with Crippen LogP contribution < -0.4 is 5.73 Å². The van der Waals surface area contributed by atoms with Gasteiger partial charge in [-0.25, -0.2) is 0 Å². The Morgan fingerprint density at radius 3 is 2.29 bits per heavy atom. The first-order chi connectivity index (χ1) is 11.5. The van der Waals surface area contributed by atoms with Crippen molar-refractivity contribution in [3.05, 3.63) is 0 Å². The van der Waals surface area contributed by atoms with Crippen molar-refractivity contribution in [1.29, 1.82) is 0 Å². The molecule has 3 rings (SSSR count). The molecule has 0 bridgehead atoms. The molecule has 3 heterocycles. The van der Waals surface area contributed by atoms with Gasteiger partial charge in [-0.2, -0.15) is 0 Å². The van der Waals surface area contributed by atoms with Gasteiger partial charge < -0.3 is 20.1 Å². The first-order valence-electron chi connectivity index (χ1n) is 9.50. The van der Waals surface area contributed by atoms with E-state index in [4.69, 9.17) is 15.2 Å². The van der Waals surface area contributed by atoms with Crippen molar-refractivity contribution in [1.82, 2.24) is 9.80 Å². The third-order valence-electron chi connectivity index (χ3n) is 5.72. The van der Waals surface area contributed by atoms with Crippen molar-refractivity contribution in [2.45, 2.75) is 57.3 Å². The number of nitrogens with zero attached hydrogens (tertiary/aromatic N) is 2. The Morgan fingerprint density at radius 2 is 1.71 bits per heavy atom. The Bertz CT molecular complexity index is 421. The maximum absolute atomic E-state index is 12.8. The highest BCUT2D eigenvalue weighted by Crippen LogP contribution is 2.25. The fraction of sp³-hybridized carbons (Fsp3) is 0.944. The van der Waals surface area contributed by atoms with Crippen LogP contribution in [0, 0.1) is 5.92 Å². The van der Waals surface area contributed by atoms with Crippen LogP contribution in [0.1, 0.15) is 39.5 Å². The zero-order chi connectivity index (χ0) is 17.2. The van der Waals surface area contributed by atoms with Crippen molar-refractivity contribution >= 4 is 5.91 Å². The summed E-state index contributed by atoms with van der Waals surface area (Å²) < 4.78 is 11.2. The summed E-state index contributed by atoms with van der Waals surface area (Å²) in [5.41, 5.74) is 5.66. The lowest BCUT2D eigenvalue weighted by molar-refractivity contribution is -0.142. The molecule has 3 saturated heterocycles. The first-order valence-corrected chi connectivity index (χ1v) is 9.50. The fourth-order valence-corrected chi connectivity index (χ4v) is 4.38. The third-order valence-corrected chi connectivity index (χ3v) is 5.72. The van der Waals surface area contributed by atoms with Crippen LogP contribution in [0.4, 0.5) is 0 Å². The molecule has 2 atom stereocenters. The van der Waals surface area contributed by atoms with E-state index in [9.17, 15) is 4.79 Å². The van der Waals surface area contributed by atoms with E-state index >= 15 is 0 Å². The van der Waals surface area contributed by atoms with E-state index < -0.39 is 5.54 Å². The summed E-state index contributed by atoms with van der Waals surface area (Å²) in [6.07, 6.45) is 4.10. The van der Waals surface area contributed by atoms with Crippen LogP contribution in [0.2, 0.25) is 0 Å². The molecular formula is C18H33N3O3. The quantitative estimate of drug-likeness (QED) is 0.825. The number of piperidine rings is 1. The molecule has 0 aromatic rings. The molecule has 0 aliphatic carbocycles. The predicted octanol–water partition coefficient (Wildman–Crippen LogP) is 0.842. The molecule has 1 amide bonds. The summed E-state index contributed by atoms with van der Waals surface area (Å²) in [7, 11) is 0. The van der Waals surface area contributed by atoms with Crippen molar-refractivity contribution in [3.63, 3.8) is 0 Å². The van der Waals surface area contributed by atoms with E-state index in [1.165, 1.54) is 0 Å². The molecule has 2 unspecified atom stereocenters. The number of rotatable bonds is 3. The molecule has 0 aromatic heterocycles. The second kappa shape index (κ2) is 7.68. The van der Waals surface area contributed by atoms with Gasteiger partial charge in [0.05, 0.1) is 17.7 Å². The molecule has 0 saturated carbocycles. The summed E-state index contributed by atoms with van der Waals surface area (Å²) in [5, 5.41) is 0. The standard InChI is InChI=1S/C18H33N3O3/c1-14-11-20(12-15(2)24-14)13-16-3-7-21(8-4-16)17(22)18(19)5-9-23-10-6-18/h14-16H,3-13,19H2,1-2H3. The molecule has 138 valence electrons. The van der Waals surface area contributed by atoms with E-state index in [-0.39, 0.29) is 5.91 Å². The van der Waals surface area contributed by atoms with Crippen LogP contribution in [-0.2, 0) is 14.3 Å². The van der Waals surface area contributed by atoms with Gasteiger partial charge in [0.1, 0.15) is 0 Å². The average Bonchev–Trinajstić information content (AvgIpc) is 2.55. The molecular weight excluding hydrogens is 306 g/mol. The SMILES string of the molecule is CC1CN(CC2CCN(C(=O)C3(N)CCOCC3)CC2)CC(C)O1.